The number of ether oxygens (including phenoxy) is 4. The monoisotopic (exact) mass is 1440 g/mol. The molecule has 0 aliphatic carbocycles. The Bertz CT molecular complexity index is 4010. The van der Waals surface area contributed by atoms with Gasteiger partial charge in [0.25, 0.3) is 0 Å². The molecule has 0 saturated heterocycles. The molecule has 0 bridgehead atoms. The predicted octanol–water partition coefficient (Wildman–Crippen LogP) is 15.5. The van der Waals surface area contributed by atoms with Crippen LogP contribution in [0, 0.1) is 88.5 Å². The first-order chi connectivity index (χ1) is 47.7. The van der Waals surface area contributed by atoms with Crippen molar-refractivity contribution in [1.29, 1.82) is 0 Å². The predicted molar refractivity (Wildman–Crippen MR) is 399 cm³/mol. The van der Waals surface area contributed by atoms with E-state index in [-0.39, 0.29) is 43.5 Å². The summed E-state index contributed by atoms with van der Waals surface area (Å²) < 4.78 is 85.9. The van der Waals surface area contributed by atoms with Crippen molar-refractivity contribution in [3.05, 3.63) is 259 Å². The molecule has 20 heteroatoms. The van der Waals surface area contributed by atoms with Gasteiger partial charge in [0.05, 0.1) is 25.7 Å². The molecule has 0 amide bonds. The van der Waals surface area contributed by atoms with Gasteiger partial charge in [-0.05, 0) is 128 Å². The second-order valence-corrected chi connectivity index (χ2v) is 38.1. The third kappa shape index (κ3) is 18.3. The first kappa shape index (κ1) is 78.0. The van der Waals surface area contributed by atoms with E-state index in [1.165, 1.54) is 0 Å². The molecule has 0 spiro atoms. The summed E-state index contributed by atoms with van der Waals surface area (Å²) in [6.07, 6.45) is -4.59. The topological polar surface area (TPSA) is 242 Å². The first-order valence-electron chi connectivity index (χ1n) is 33.5. The van der Waals surface area contributed by atoms with Gasteiger partial charge in [-0.2, -0.15) is 0 Å². The normalized spacial score (nSPS) is 14.3. The van der Waals surface area contributed by atoms with Crippen molar-refractivity contribution in [2.45, 2.75) is 109 Å². The largest absolute Gasteiger partial charge is 0.465 e. The minimum absolute atomic E-state index is 0.185. The van der Waals surface area contributed by atoms with Gasteiger partial charge in [0.15, 0.2) is 28.6 Å². The maximum absolute atomic E-state index is 15.5. The van der Waals surface area contributed by atoms with E-state index in [1.54, 1.807) is 225 Å². The Labute approximate surface area is 592 Å². The second kappa shape index (κ2) is 33.4. The maximum Gasteiger partial charge on any atom is 0.306 e. The molecule has 528 valence electrons. The Hall–Kier alpha value is -8.76. The van der Waals surface area contributed by atoms with Crippen LogP contribution in [0.5, 0.6) is 0 Å². The molecule has 4 unspecified atom stereocenters. The Morgan fingerprint density at radius 1 is 0.267 bits per heavy atom. The molecule has 8 rings (SSSR count). The molecule has 0 fully saturated rings. The molecule has 8 aromatic rings. The number of rotatable bonds is 32. The van der Waals surface area contributed by atoms with E-state index in [9.17, 15) is 38.4 Å². The minimum atomic E-state index is -4.17. The SMILES string of the molecule is Cc1cc(C)c(C(=O)P(=O)(CCC(=O)OCC(COC(=O)CCP(=O)(C(=O)c2c(C)cc(C)cc2C)c2ccccc2)(COC(=O)CCP(=O)(C(=O)c2c(C)cc(C)cc2C)c2ccccc2)COC(=O)CCP(=O)(C(=O)c2c(C)cc(C)cc2C)c2ccccc2)c2ccccc2)c(C)c1. The lowest BCUT2D eigenvalue weighted by molar-refractivity contribution is -0.170. The summed E-state index contributed by atoms with van der Waals surface area (Å²) in [5.41, 5.74) is 4.28. The summed E-state index contributed by atoms with van der Waals surface area (Å²) in [4.78, 5) is 117. The summed E-state index contributed by atoms with van der Waals surface area (Å²) in [6.45, 7) is 17.8. The fraction of sp³-hybridized carbons (Fsp3) is 0.309. The van der Waals surface area contributed by atoms with E-state index in [4.69, 9.17) is 18.9 Å². The van der Waals surface area contributed by atoms with Gasteiger partial charge in [0, 0.05) is 68.1 Å². The Balaban J connectivity index is 1.16. The van der Waals surface area contributed by atoms with E-state index in [1.807, 2.05) is 27.7 Å². The molecule has 8 aromatic carbocycles. The molecule has 0 heterocycles. The van der Waals surface area contributed by atoms with Crippen LogP contribution in [0.15, 0.2) is 170 Å². The number of hydrogen-bond donors (Lipinski definition) is 0. The van der Waals surface area contributed by atoms with Gasteiger partial charge in [0.1, 0.15) is 31.8 Å². The highest BCUT2D eigenvalue weighted by Gasteiger charge is 2.44. The van der Waals surface area contributed by atoms with Crippen molar-refractivity contribution in [3.63, 3.8) is 0 Å². The zero-order chi connectivity index (χ0) is 73.8. The van der Waals surface area contributed by atoms with Gasteiger partial charge in [-0.3, -0.25) is 38.4 Å². The summed E-state index contributed by atoms with van der Waals surface area (Å²) in [6, 6.07) is 46.5. The quantitative estimate of drug-likeness (QED) is 0.0216. The molecule has 0 aliphatic heterocycles. The lowest BCUT2D eigenvalue weighted by Crippen LogP contribution is -2.44. The fourth-order valence-electron chi connectivity index (χ4n) is 13.3. The molecule has 4 atom stereocenters. The van der Waals surface area contributed by atoms with Crippen LogP contribution in [0.1, 0.15) is 134 Å². The van der Waals surface area contributed by atoms with Gasteiger partial charge in [-0.15, -0.1) is 0 Å². The molecule has 0 N–H and O–H groups in total. The van der Waals surface area contributed by atoms with E-state index in [0.29, 0.717) is 44.5 Å². The average Bonchev–Trinajstić information content (AvgIpc) is 0.801. The highest BCUT2D eigenvalue weighted by atomic mass is 31.2. The van der Waals surface area contributed by atoms with E-state index >= 15 is 18.3 Å². The highest BCUT2D eigenvalue weighted by Crippen LogP contribution is 2.53. The third-order valence-electron chi connectivity index (χ3n) is 18.2. The molecule has 0 aliphatic rings. The molecule has 0 saturated carbocycles. The van der Waals surface area contributed by atoms with Gasteiger partial charge in [-0.1, -0.05) is 192 Å². The van der Waals surface area contributed by atoms with Crippen LogP contribution in [-0.2, 0) is 56.4 Å². The number of carbonyl (C=O) groups excluding carboxylic acids is 8. The third-order valence-corrected chi connectivity index (χ3v) is 29.7. The molecule has 0 aromatic heterocycles. The summed E-state index contributed by atoms with van der Waals surface area (Å²) >= 11 is 0. The van der Waals surface area contributed by atoms with Crippen molar-refractivity contribution < 1.29 is 75.6 Å². The van der Waals surface area contributed by atoms with Crippen LogP contribution < -0.4 is 21.2 Å². The molecular formula is C81H88O16P4. The number of aryl methyl sites for hydroxylation is 12. The van der Waals surface area contributed by atoms with Crippen LogP contribution in [0.2, 0.25) is 0 Å². The van der Waals surface area contributed by atoms with Gasteiger partial charge in [0.2, 0.25) is 22.1 Å². The van der Waals surface area contributed by atoms with Gasteiger partial charge >= 0.3 is 23.9 Å². The maximum atomic E-state index is 15.5. The number of esters is 4. The van der Waals surface area contributed by atoms with E-state index in [0.717, 1.165) is 22.3 Å². The fourth-order valence-corrected chi connectivity index (χ4v) is 23.6. The van der Waals surface area contributed by atoms with Crippen molar-refractivity contribution >= 4 is 95.8 Å². The minimum Gasteiger partial charge on any atom is -0.465 e. The Kier molecular flexibility index (Phi) is 25.8. The molecule has 16 nitrogen and oxygen atoms in total. The van der Waals surface area contributed by atoms with Crippen LogP contribution in [0.25, 0.3) is 0 Å². The highest BCUT2D eigenvalue weighted by molar-refractivity contribution is 7.88. The van der Waals surface area contributed by atoms with Gasteiger partial charge in [-0.25, -0.2) is 0 Å². The standard InChI is InChI=1S/C81H88O16P4/c1-53-41-57(5)73(58(6)42-53)77(86)98(90,65-25-17-13-18-26-65)37-33-69(82)94-49-81(50-95-70(83)34-38-99(91,66-27-19-14-20-28-66)78(87)74-59(7)43-54(2)44-60(74)8,51-96-71(84)35-39-100(92,67-29-21-15-22-30-67)79(88)75-61(9)45-55(3)46-62(75)10)52-97-72(85)36-40-101(93,68-31-23-16-24-32-68)80(89)76-63(11)47-56(4)48-64(76)12/h13-32,41-48H,33-40,49-52H2,1-12H3. The van der Waals surface area contributed by atoms with Crippen molar-refractivity contribution in [1.82, 2.24) is 0 Å². The first-order valence-corrected chi connectivity index (χ1v) is 41.0. The second-order valence-electron chi connectivity index (χ2n) is 26.7. The number of benzene rings is 8. The summed E-state index contributed by atoms with van der Waals surface area (Å²) in [5, 5.41) is 0.741. The zero-order valence-corrected chi connectivity index (χ0v) is 63.0. The average molecular weight is 1440 g/mol. The molecular weight excluding hydrogens is 1350 g/mol. The Morgan fingerprint density at radius 3 is 0.584 bits per heavy atom. The van der Waals surface area contributed by atoms with Crippen LogP contribution in [0.4, 0.5) is 0 Å². The van der Waals surface area contributed by atoms with E-state index < -0.39 is 157 Å². The number of carbonyl (C=O) groups is 8. The smallest absolute Gasteiger partial charge is 0.306 e. The van der Waals surface area contributed by atoms with Crippen molar-refractivity contribution in [2.75, 3.05) is 51.1 Å². The Morgan fingerprint density at radius 2 is 0.426 bits per heavy atom. The number of hydrogen-bond acceptors (Lipinski definition) is 16. The van der Waals surface area contributed by atoms with Crippen LogP contribution in [-0.4, -0.2) is 97.0 Å². The van der Waals surface area contributed by atoms with Crippen LogP contribution in [0.3, 0.4) is 0 Å². The van der Waals surface area contributed by atoms with Gasteiger partial charge < -0.3 is 37.2 Å². The summed E-state index contributed by atoms with van der Waals surface area (Å²) in [5.74, 6) is -4.12. The van der Waals surface area contributed by atoms with Crippen molar-refractivity contribution in [3.8, 4) is 0 Å². The van der Waals surface area contributed by atoms with E-state index in [2.05, 4.69) is 0 Å². The van der Waals surface area contributed by atoms with Crippen LogP contribution >= 0.6 is 28.6 Å². The molecule has 0 radical (unpaired) electrons. The zero-order valence-electron chi connectivity index (χ0n) is 59.5. The molecule has 101 heavy (non-hydrogen) atoms. The lowest BCUT2D eigenvalue weighted by atomic mass is 9.92. The van der Waals surface area contributed by atoms with Crippen molar-refractivity contribution in [2.24, 2.45) is 5.41 Å². The summed E-state index contributed by atoms with van der Waals surface area (Å²) in [7, 11) is -16.7. The lowest BCUT2D eigenvalue weighted by Gasteiger charge is -2.32.